The topological polar surface area (TPSA) is 75.2 Å². The molecule has 1 aromatic heterocycles. The molecule has 112 valence electrons. The Morgan fingerprint density at radius 2 is 2.20 bits per heavy atom. The number of hydrogen-bond donors (Lipinski definition) is 1. The van der Waals surface area contributed by atoms with E-state index in [-0.39, 0.29) is 5.60 Å². The average molecular weight is 280 g/mol. The van der Waals surface area contributed by atoms with Gasteiger partial charge in [-0.25, -0.2) is 4.68 Å². The summed E-state index contributed by atoms with van der Waals surface area (Å²) in [7, 11) is 0. The fourth-order valence-electron chi connectivity index (χ4n) is 3.21. The van der Waals surface area contributed by atoms with Gasteiger partial charge < -0.3 is 15.2 Å². The van der Waals surface area contributed by atoms with E-state index in [2.05, 4.69) is 16.5 Å². The van der Waals surface area contributed by atoms with Gasteiger partial charge in [0.15, 0.2) is 0 Å². The quantitative estimate of drug-likeness (QED) is 0.893. The van der Waals surface area contributed by atoms with Gasteiger partial charge in [-0.1, -0.05) is 5.21 Å². The monoisotopic (exact) mass is 280 g/mol. The summed E-state index contributed by atoms with van der Waals surface area (Å²) in [6, 6.07) is 0.404. The van der Waals surface area contributed by atoms with Gasteiger partial charge >= 0.3 is 0 Å². The molecule has 0 aliphatic carbocycles. The van der Waals surface area contributed by atoms with E-state index in [9.17, 15) is 0 Å². The van der Waals surface area contributed by atoms with Crippen LogP contribution in [0.2, 0.25) is 0 Å². The Morgan fingerprint density at radius 1 is 1.35 bits per heavy atom. The minimum atomic E-state index is 0.00450. The molecule has 0 bridgehead atoms. The highest BCUT2D eigenvalue weighted by Crippen LogP contribution is 2.38. The lowest BCUT2D eigenvalue weighted by Gasteiger charge is -2.43. The van der Waals surface area contributed by atoms with Gasteiger partial charge in [-0.15, -0.1) is 5.10 Å². The van der Waals surface area contributed by atoms with E-state index < -0.39 is 0 Å². The zero-order valence-electron chi connectivity index (χ0n) is 12.0. The maximum absolute atomic E-state index is 6.07. The molecular formula is C14H24N4O2. The second kappa shape index (κ2) is 6.20. The van der Waals surface area contributed by atoms with Crippen molar-refractivity contribution >= 4 is 0 Å². The van der Waals surface area contributed by atoms with E-state index in [4.69, 9.17) is 15.2 Å². The SMILES string of the molecule is NCCCc1cn(C2CCOC3(CCOCC3)C2)nn1. The van der Waals surface area contributed by atoms with Crippen LogP contribution in [0.1, 0.15) is 43.8 Å². The minimum absolute atomic E-state index is 0.00450. The fourth-order valence-corrected chi connectivity index (χ4v) is 3.21. The van der Waals surface area contributed by atoms with Crippen molar-refractivity contribution in [3.8, 4) is 0 Å². The molecule has 3 rings (SSSR count). The summed E-state index contributed by atoms with van der Waals surface area (Å²) in [5.74, 6) is 0. The lowest BCUT2D eigenvalue weighted by Crippen LogP contribution is -2.44. The van der Waals surface area contributed by atoms with Gasteiger partial charge in [0.1, 0.15) is 0 Å². The molecule has 6 nitrogen and oxygen atoms in total. The summed E-state index contributed by atoms with van der Waals surface area (Å²) in [6.07, 6.45) is 8.00. The number of ether oxygens (including phenoxy) is 2. The van der Waals surface area contributed by atoms with E-state index in [1.165, 1.54) is 0 Å². The summed E-state index contributed by atoms with van der Waals surface area (Å²) in [5.41, 5.74) is 6.58. The first kappa shape index (κ1) is 14.0. The van der Waals surface area contributed by atoms with E-state index in [0.29, 0.717) is 12.6 Å². The number of aromatic nitrogens is 3. The van der Waals surface area contributed by atoms with Gasteiger partial charge in [-0.05, 0) is 45.1 Å². The van der Waals surface area contributed by atoms with Crippen LogP contribution < -0.4 is 5.73 Å². The van der Waals surface area contributed by atoms with E-state index >= 15 is 0 Å². The van der Waals surface area contributed by atoms with Crippen LogP contribution in [0.15, 0.2) is 6.20 Å². The number of hydrogen-bond acceptors (Lipinski definition) is 5. The molecule has 0 aromatic carbocycles. The third-order valence-corrected chi connectivity index (χ3v) is 4.44. The molecule has 2 fully saturated rings. The molecule has 2 aliphatic rings. The number of rotatable bonds is 4. The predicted molar refractivity (Wildman–Crippen MR) is 74.4 cm³/mol. The van der Waals surface area contributed by atoms with E-state index in [0.717, 1.165) is 64.0 Å². The van der Waals surface area contributed by atoms with Gasteiger partial charge in [0.2, 0.25) is 0 Å². The zero-order valence-corrected chi connectivity index (χ0v) is 12.0. The second-order valence-electron chi connectivity index (χ2n) is 5.87. The highest BCUT2D eigenvalue weighted by atomic mass is 16.5. The summed E-state index contributed by atoms with van der Waals surface area (Å²) in [5, 5.41) is 8.56. The maximum atomic E-state index is 6.07. The Morgan fingerprint density at radius 3 is 3.00 bits per heavy atom. The molecule has 2 saturated heterocycles. The molecule has 0 amide bonds. The van der Waals surface area contributed by atoms with Crippen LogP contribution in [-0.2, 0) is 15.9 Å². The Balaban J connectivity index is 1.65. The minimum Gasteiger partial charge on any atom is -0.381 e. The van der Waals surface area contributed by atoms with Crippen LogP contribution >= 0.6 is 0 Å². The van der Waals surface area contributed by atoms with E-state index in [1.807, 2.05) is 4.68 Å². The van der Waals surface area contributed by atoms with Crippen molar-refractivity contribution in [1.82, 2.24) is 15.0 Å². The molecule has 1 aromatic rings. The molecule has 1 spiro atoms. The van der Waals surface area contributed by atoms with Crippen molar-refractivity contribution in [1.29, 1.82) is 0 Å². The highest BCUT2D eigenvalue weighted by molar-refractivity contribution is 4.96. The number of nitrogens with zero attached hydrogens (tertiary/aromatic N) is 3. The van der Waals surface area contributed by atoms with Crippen LogP contribution in [-0.4, -0.2) is 47.0 Å². The lowest BCUT2D eigenvalue weighted by molar-refractivity contribution is -0.145. The van der Waals surface area contributed by atoms with Crippen LogP contribution in [0.3, 0.4) is 0 Å². The Kier molecular flexibility index (Phi) is 4.33. The Bertz CT molecular complexity index is 423. The Hall–Kier alpha value is -0.980. The maximum Gasteiger partial charge on any atom is 0.0827 e. The van der Waals surface area contributed by atoms with E-state index in [1.54, 1.807) is 0 Å². The zero-order chi connectivity index (χ0) is 13.8. The van der Waals surface area contributed by atoms with Gasteiger partial charge in [-0.2, -0.15) is 0 Å². The van der Waals surface area contributed by atoms with Crippen molar-refractivity contribution in [3.63, 3.8) is 0 Å². The van der Waals surface area contributed by atoms with Crippen LogP contribution in [0.5, 0.6) is 0 Å². The normalized spacial score (nSPS) is 25.9. The van der Waals surface area contributed by atoms with Crippen molar-refractivity contribution < 1.29 is 9.47 Å². The molecule has 1 atom stereocenters. The fraction of sp³-hybridized carbons (Fsp3) is 0.857. The summed E-state index contributed by atoms with van der Waals surface area (Å²) in [6.45, 7) is 3.13. The molecule has 6 heteroatoms. The van der Waals surface area contributed by atoms with Crippen molar-refractivity contribution in [2.24, 2.45) is 5.73 Å². The second-order valence-corrected chi connectivity index (χ2v) is 5.87. The molecule has 0 saturated carbocycles. The van der Waals surface area contributed by atoms with Crippen molar-refractivity contribution in [3.05, 3.63) is 11.9 Å². The van der Waals surface area contributed by atoms with Gasteiger partial charge in [0, 0.05) is 26.0 Å². The lowest BCUT2D eigenvalue weighted by atomic mass is 9.84. The first-order valence-corrected chi connectivity index (χ1v) is 7.64. The molecular weight excluding hydrogens is 256 g/mol. The number of nitrogens with two attached hydrogens (primary N) is 1. The highest BCUT2D eigenvalue weighted by Gasteiger charge is 2.39. The third-order valence-electron chi connectivity index (χ3n) is 4.44. The third kappa shape index (κ3) is 3.02. The van der Waals surface area contributed by atoms with Gasteiger partial charge in [0.05, 0.1) is 17.3 Å². The van der Waals surface area contributed by atoms with Crippen molar-refractivity contribution in [2.45, 2.75) is 50.2 Å². The molecule has 2 aliphatic heterocycles. The van der Waals surface area contributed by atoms with Crippen LogP contribution in [0.4, 0.5) is 0 Å². The largest absolute Gasteiger partial charge is 0.381 e. The van der Waals surface area contributed by atoms with Crippen LogP contribution in [0.25, 0.3) is 0 Å². The predicted octanol–water partition coefficient (Wildman–Crippen LogP) is 1.07. The summed E-state index contributed by atoms with van der Waals surface area (Å²) >= 11 is 0. The smallest absolute Gasteiger partial charge is 0.0827 e. The summed E-state index contributed by atoms with van der Waals surface area (Å²) < 4.78 is 13.6. The molecule has 20 heavy (non-hydrogen) atoms. The molecule has 1 unspecified atom stereocenters. The first-order chi connectivity index (χ1) is 9.81. The standard InChI is InChI=1S/C14H24N4O2/c15-6-1-2-12-11-18(17-16-12)13-3-7-20-14(10-13)4-8-19-9-5-14/h11,13H,1-10,15H2. The van der Waals surface area contributed by atoms with Gasteiger partial charge in [-0.3, -0.25) is 0 Å². The molecule has 0 radical (unpaired) electrons. The molecule has 2 N–H and O–H groups in total. The van der Waals surface area contributed by atoms with Crippen molar-refractivity contribution in [2.75, 3.05) is 26.4 Å². The molecule has 3 heterocycles. The van der Waals surface area contributed by atoms with Crippen LogP contribution in [0, 0.1) is 0 Å². The van der Waals surface area contributed by atoms with Gasteiger partial charge in [0.25, 0.3) is 0 Å². The Labute approximate surface area is 119 Å². The average Bonchev–Trinajstić information content (AvgIpc) is 2.95. The first-order valence-electron chi connectivity index (χ1n) is 7.64. The number of aryl methyl sites for hydroxylation is 1. The summed E-state index contributed by atoms with van der Waals surface area (Å²) in [4.78, 5) is 0.